The van der Waals surface area contributed by atoms with Crippen LogP contribution in [-0.4, -0.2) is 58.9 Å². The van der Waals surface area contributed by atoms with Crippen molar-refractivity contribution in [3.8, 4) is 5.88 Å². The molecule has 198 valence electrons. The second kappa shape index (κ2) is 9.41. The molecule has 2 aliphatic carbocycles. The van der Waals surface area contributed by atoms with Gasteiger partial charge < -0.3 is 19.7 Å². The van der Waals surface area contributed by atoms with Gasteiger partial charge in [0.25, 0.3) is 0 Å². The van der Waals surface area contributed by atoms with Crippen LogP contribution >= 0.6 is 0 Å². The molecule has 3 heterocycles. The van der Waals surface area contributed by atoms with Gasteiger partial charge in [0.05, 0.1) is 21.4 Å². The minimum absolute atomic E-state index is 0.000905. The van der Waals surface area contributed by atoms with Crippen LogP contribution in [0.15, 0.2) is 29.4 Å². The van der Waals surface area contributed by atoms with Gasteiger partial charge in [-0.2, -0.15) is 0 Å². The maximum Gasteiger partial charge on any atom is 0.410 e. The van der Waals surface area contributed by atoms with E-state index in [1.165, 1.54) is 18.5 Å². The fourth-order valence-electron chi connectivity index (χ4n) is 5.52. The van der Waals surface area contributed by atoms with Gasteiger partial charge in [-0.25, -0.2) is 27.6 Å². The Bertz CT molecular complexity index is 1300. The number of anilines is 2. The summed E-state index contributed by atoms with van der Waals surface area (Å²) in [6, 6.07) is 4.09. The first-order chi connectivity index (χ1) is 17.8. The van der Waals surface area contributed by atoms with E-state index in [9.17, 15) is 17.6 Å². The minimum atomic E-state index is -3.47. The van der Waals surface area contributed by atoms with E-state index in [1.54, 1.807) is 6.92 Å². The molecule has 1 unspecified atom stereocenters. The Morgan fingerprint density at radius 3 is 2.41 bits per heavy atom. The van der Waals surface area contributed by atoms with E-state index in [2.05, 4.69) is 15.3 Å². The Hall–Kier alpha value is -2.95. The van der Waals surface area contributed by atoms with Crippen molar-refractivity contribution in [1.29, 1.82) is 0 Å². The van der Waals surface area contributed by atoms with Gasteiger partial charge >= 0.3 is 6.09 Å². The van der Waals surface area contributed by atoms with Gasteiger partial charge in [0.15, 0.2) is 9.84 Å². The first kappa shape index (κ1) is 24.4. The maximum atomic E-state index is 14.8. The van der Waals surface area contributed by atoms with Gasteiger partial charge in [-0.05, 0) is 70.1 Å². The summed E-state index contributed by atoms with van der Waals surface area (Å²) < 4.78 is 51.6. The molecule has 0 radical (unpaired) electrons. The number of hydrogen-bond acceptors (Lipinski definition) is 8. The number of carbonyl (C=O) groups excluding carboxylic acids is 1. The van der Waals surface area contributed by atoms with Crippen LogP contribution in [0.3, 0.4) is 0 Å². The highest BCUT2D eigenvalue weighted by Crippen LogP contribution is 2.39. The fraction of sp³-hybridized carbons (Fsp3) is 0.577. The topological polar surface area (TPSA) is 111 Å². The van der Waals surface area contributed by atoms with E-state index in [0.717, 1.165) is 38.2 Å². The average Bonchev–Trinajstić information content (AvgIpc) is 3.66. The lowest BCUT2D eigenvalue weighted by Crippen LogP contribution is -2.50. The van der Waals surface area contributed by atoms with Crippen LogP contribution in [0.2, 0.25) is 0 Å². The van der Waals surface area contributed by atoms with Crippen molar-refractivity contribution >= 4 is 27.4 Å². The number of aromatic nitrogens is 2. The molecule has 37 heavy (non-hydrogen) atoms. The number of piperidine rings is 1. The monoisotopic (exact) mass is 530 g/mol. The number of nitrogens with one attached hydrogen (secondary N) is 1. The Balaban J connectivity index is 1.12. The molecular formula is C26H31FN4O5S. The summed E-state index contributed by atoms with van der Waals surface area (Å²) in [5.41, 5.74) is 0.745. The Morgan fingerprint density at radius 2 is 1.78 bits per heavy atom. The number of fused-ring (bicyclic) bond motifs is 2. The lowest BCUT2D eigenvalue weighted by atomic mass is 9.96. The standard InChI is InChI=1S/C26H31FN4O5S/c1-15-24(30-23-10-9-21(13-22(23)27)37(33,34)20-7-8-20)28-14-29-25(15)35-19-11-16-5-6-17(12-19)31(16)26(32)36-18-3-2-4-18/h9-10,13-14,16-20H,2-8,11-12H2,1H3,(H,28,29,30)/t16-,17?,19+/m0/s1. The third kappa shape index (κ3) is 4.73. The summed E-state index contributed by atoms with van der Waals surface area (Å²) in [4.78, 5) is 23.2. The molecule has 0 spiro atoms. The second-order valence-electron chi connectivity index (χ2n) is 10.6. The summed E-state index contributed by atoms with van der Waals surface area (Å²) in [6.07, 6.45) is 8.68. The van der Waals surface area contributed by atoms with E-state index in [0.29, 0.717) is 42.9 Å². The zero-order chi connectivity index (χ0) is 25.7. The molecule has 2 saturated heterocycles. The van der Waals surface area contributed by atoms with Crippen LogP contribution in [0.4, 0.5) is 20.7 Å². The highest BCUT2D eigenvalue weighted by molar-refractivity contribution is 7.92. The normalized spacial score (nSPS) is 25.5. The minimum Gasteiger partial charge on any atom is -0.474 e. The molecule has 1 aromatic heterocycles. The van der Waals surface area contributed by atoms with E-state index in [4.69, 9.17) is 9.47 Å². The third-order valence-electron chi connectivity index (χ3n) is 8.02. The van der Waals surface area contributed by atoms with Gasteiger partial charge in [-0.15, -0.1) is 0 Å². The zero-order valence-corrected chi connectivity index (χ0v) is 21.5. The van der Waals surface area contributed by atoms with Gasteiger partial charge in [0, 0.05) is 24.9 Å². The number of sulfone groups is 1. The third-order valence-corrected chi connectivity index (χ3v) is 10.3. The highest BCUT2D eigenvalue weighted by Gasteiger charge is 2.46. The molecular weight excluding hydrogens is 499 g/mol. The number of rotatable bonds is 7. The summed E-state index contributed by atoms with van der Waals surface area (Å²) in [5, 5.41) is 2.55. The Labute approximate surface area is 215 Å². The molecule has 2 saturated carbocycles. The van der Waals surface area contributed by atoms with Crippen LogP contribution < -0.4 is 10.1 Å². The molecule has 2 bridgehead atoms. The lowest BCUT2D eigenvalue weighted by Gasteiger charge is -2.39. The van der Waals surface area contributed by atoms with Crippen LogP contribution in [-0.2, 0) is 14.6 Å². The summed E-state index contributed by atoms with van der Waals surface area (Å²) in [7, 11) is -3.47. The molecule has 1 N–H and O–H groups in total. The summed E-state index contributed by atoms with van der Waals surface area (Å²) >= 11 is 0. The molecule has 4 fully saturated rings. The van der Waals surface area contributed by atoms with Crippen molar-refractivity contribution in [3.05, 3.63) is 35.9 Å². The second-order valence-corrected chi connectivity index (χ2v) is 12.8. The molecule has 2 aliphatic heterocycles. The van der Waals surface area contributed by atoms with Crippen molar-refractivity contribution in [3.63, 3.8) is 0 Å². The van der Waals surface area contributed by atoms with Crippen LogP contribution in [0.5, 0.6) is 5.88 Å². The first-order valence-electron chi connectivity index (χ1n) is 13.1. The number of hydrogen-bond donors (Lipinski definition) is 1. The summed E-state index contributed by atoms with van der Waals surface area (Å²) in [6.45, 7) is 1.79. The van der Waals surface area contributed by atoms with E-state index < -0.39 is 20.9 Å². The molecule has 6 rings (SSSR count). The van der Waals surface area contributed by atoms with E-state index in [-0.39, 0.29) is 41.0 Å². The zero-order valence-electron chi connectivity index (χ0n) is 20.7. The number of amides is 1. The van der Waals surface area contributed by atoms with Crippen LogP contribution in [0, 0.1) is 12.7 Å². The van der Waals surface area contributed by atoms with E-state index in [1.807, 2.05) is 4.90 Å². The van der Waals surface area contributed by atoms with Crippen molar-refractivity contribution in [2.75, 3.05) is 5.32 Å². The molecule has 1 aromatic carbocycles. The Kier molecular flexibility index (Phi) is 6.21. The molecule has 1 amide bonds. The predicted molar refractivity (Wildman–Crippen MR) is 133 cm³/mol. The average molecular weight is 531 g/mol. The maximum absolute atomic E-state index is 14.8. The van der Waals surface area contributed by atoms with Crippen LogP contribution in [0.1, 0.15) is 63.4 Å². The SMILES string of the molecule is Cc1c(Nc2ccc(S(=O)(=O)C3CC3)cc2F)ncnc1O[C@H]1CC2CC[C@@H](C1)N2C(=O)OC1CCC1. The number of carbonyl (C=O) groups is 1. The number of ether oxygens (including phenoxy) is 2. The first-order valence-corrected chi connectivity index (χ1v) is 14.6. The Morgan fingerprint density at radius 1 is 1.05 bits per heavy atom. The summed E-state index contributed by atoms with van der Waals surface area (Å²) in [5.74, 6) is 0.117. The smallest absolute Gasteiger partial charge is 0.410 e. The fourth-order valence-corrected chi connectivity index (χ4v) is 7.19. The predicted octanol–water partition coefficient (Wildman–Crippen LogP) is 4.67. The molecule has 3 atom stereocenters. The largest absolute Gasteiger partial charge is 0.474 e. The molecule has 4 aliphatic rings. The van der Waals surface area contributed by atoms with Crippen LogP contribution in [0.25, 0.3) is 0 Å². The lowest BCUT2D eigenvalue weighted by molar-refractivity contribution is -0.00513. The van der Waals surface area contributed by atoms with Gasteiger partial charge in [0.2, 0.25) is 5.88 Å². The quantitative estimate of drug-likeness (QED) is 0.550. The van der Waals surface area contributed by atoms with Crippen molar-refractivity contribution in [2.45, 2.75) is 99.1 Å². The van der Waals surface area contributed by atoms with Gasteiger partial charge in [-0.1, -0.05) is 0 Å². The van der Waals surface area contributed by atoms with Crippen molar-refractivity contribution in [2.24, 2.45) is 0 Å². The number of nitrogens with zero attached hydrogens (tertiary/aromatic N) is 3. The molecule has 11 heteroatoms. The van der Waals surface area contributed by atoms with Crippen molar-refractivity contribution < 1.29 is 27.1 Å². The van der Waals surface area contributed by atoms with Gasteiger partial charge in [0.1, 0.15) is 30.2 Å². The number of benzene rings is 1. The molecule has 2 aromatic rings. The van der Waals surface area contributed by atoms with Gasteiger partial charge in [-0.3, -0.25) is 0 Å². The highest BCUT2D eigenvalue weighted by atomic mass is 32.2. The number of halogens is 1. The van der Waals surface area contributed by atoms with Crippen molar-refractivity contribution in [1.82, 2.24) is 14.9 Å². The molecule has 9 nitrogen and oxygen atoms in total. The van der Waals surface area contributed by atoms with E-state index >= 15 is 0 Å².